The average Bonchev–Trinajstić information content (AvgIpc) is 3.45. The summed E-state index contributed by atoms with van der Waals surface area (Å²) in [6.07, 6.45) is 2.73. The summed E-state index contributed by atoms with van der Waals surface area (Å²) in [5.74, 6) is -1.15. The highest BCUT2D eigenvalue weighted by Gasteiger charge is 2.35. The van der Waals surface area contributed by atoms with E-state index in [1.807, 2.05) is 24.3 Å². The number of benzene rings is 2. The summed E-state index contributed by atoms with van der Waals surface area (Å²) >= 11 is 0. The van der Waals surface area contributed by atoms with Crippen LogP contribution in [-0.2, 0) is 19.1 Å². The van der Waals surface area contributed by atoms with E-state index in [1.54, 1.807) is 0 Å². The quantitative estimate of drug-likeness (QED) is 0.421. The number of ether oxygens (including phenoxy) is 2. The first-order valence-electron chi connectivity index (χ1n) is 12.3. The minimum absolute atomic E-state index is 0.0425. The van der Waals surface area contributed by atoms with Crippen molar-refractivity contribution in [3.63, 3.8) is 0 Å². The van der Waals surface area contributed by atoms with E-state index in [0.29, 0.717) is 39.0 Å². The molecule has 1 saturated heterocycles. The Labute approximate surface area is 205 Å². The number of nitrogens with one attached hydrogen (secondary N) is 2. The van der Waals surface area contributed by atoms with Crippen molar-refractivity contribution in [1.29, 1.82) is 0 Å². The van der Waals surface area contributed by atoms with Crippen molar-refractivity contribution in [1.82, 2.24) is 10.6 Å². The van der Waals surface area contributed by atoms with E-state index >= 15 is 0 Å². The lowest BCUT2D eigenvalue weighted by atomic mass is 9.98. The van der Waals surface area contributed by atoms with Crippen LogP contribution in [0.25, 0.3) is 11.1 Å². The lowest BCUT2D eigenvalue weighted by Crippen LogP contribution is -2.43. The maximum atomic E-state index is 12.2. The van der Waals surface area contributed by atoms with E-state index in [-0.39, 0.29) is 11.8 Å². The third kappa shape index (κ3) is 6.19. The largest absolute Gasteiger partial charge is 0.479 e. The van der Waals surface area contributed by atoms with E-state index in [9.17, 15) is 14.4 Å². The molecule has 2 atom stereocenters. The van der Waals surface area contributed by atoms with Gasteiger partial charge in [-0.05, 0) is 41.5 Å². The van der Waals surface area contributed by atoms with E-state index in [0.717, 1.165) is 19.3 Å². The molecule has 0 saturated carbocycles. The maximum Gasteiger partial charge on any atom is 0.407 e. The highest BCUT2D eigenvalue weighted by atomic mass is 16.5. The summed E-state index contributed by atoms with van der Waals surface area (Å²) in [5.41, 5.74) is 4.77. The number of carboxylic acids is 1. The number of fused-ring (bicyclic) bond motifs is 3. The van der Waals surface area contributed by atoms with Crippen molar-refractivity contribution < 1.29 is 29.0 Å². The van der Waals surface area contributed by atoms with E-state index < -0.39 is 24.2 Å². The number of carboxylic acid groups (broad SMARTS) is 1. The fourth-order valence-electron chi connectivity index (χ4n) is 4.86. The molecule has 0 radical (unpaired) electrons. The van der Waals surface area contributed by atoms with E-state index in [4.69, 9.17) is 14.6 Å². The second-order valence-corrected chi connectivity index (χ2v) is 9.01. The molecule has 1 fully saturated rings. The summed E-state index contributed by atoms with van der Waals surface area (Å²) in [6.45, 7) is 1.16. The first-order chi connectivity index (χ1) is 17.0. The molecule has 2 aromatic rings. The molecular weight excluding hydrogens is 448 g/mol. The summed E-state index contributed by atoms with van der Waals surface area (Å²) < 4.78 is 10.7. The van der Waals surface area contributed by atoms with Gasteiger partial charge in [0.15, 0.2) is 6.10 Å². The van der Waals surface area contributed by atoms with Gasteiger partial charge in [0, 0.05) is 25.5 Å². The van der Waals surface area contributed by atoms with Crippen LogP contribution in [0.3, 0.4) is 0 Å². The smallest absolute Gasteiger partial charge is 0.407 e. The molecule has 1 aliphatic carbocycles. The van der Waals surface area contributed by atoms with Gasteiger partial charge in [-0.3, -0.25) is 4.79 Å². The standard InChI is InChI=1S/C27H32N2O6/c30-24(29-23-14-16-34-25(23)26(31)32)13-3-1-2-8-15-28-27(33)35-17-22-20-11-6-4-9-18(20)19-10-5-7-12-21(19)22/h4-7,9-12,22-23,25H,1-3,8,13-17H2,(H,28,33)(H,29,30)(H,31,32). The molecule has 0 bridgehead atoms. The molecule has 2 aromatic carbocycles. The third-order valence-electron chi connectivity index (χ3n) is 6.63. The van der Waals surface area contributed by atoms with Gasteiger partial charge >= 0.3 is 12.1 Å². The number of amides is 2. The molecule has 186 valence electrons. The zero-order chi connectivity index (χ0) is 24.6. The molecule has 2 amide bonds. The van der Waals surface area contributed by atoms with Crippen molar-refractivity contribution in [2.75, 3.05) is 19.8 Å². The van der Waals surface area contributed by atoms with Gasteiger partial charge < -0.3 is 25.2 Å². The fourth-order valence-corrected chi connectivity index (χ4v) is 4.86. The topological polar surface area (TPSA) is 114 Å². The zero-order valence-electron chi connectivity index (χ0n) is 19.7. The Kier molecular flexibility index (Phi) is 8.36. The Hall–Kier alpha value is -3.39. The third-order valence-corrected chi connectivity index (χ3v) is 6.63. The minimum Gasteiger partial charge on any atom is -0.479 e. The summed E-state index contributed by atoms with van der Waals surface area (Å²) in [4.78, 5) is 35.3. The molecule has 0 spiro atoms. The summed E-state index contributed by atoms with van der Waals surface area (Å²) in [5, 5.41) is 14.7. The molecule has 1 heterocycles. The Morgan fingerprint density at radius 2 is 1.60 bits per heavy atom. The first kappa shape index (κ1) is 24.7. The molecule has 2 unspecified atom stereocenters. The van der Waals surface area contributed by atoms with Crippen molar-refractivity contribution in [2.45, 2.75) is 56.6 Å². The first-order valence-corrected chi connectivity index (χ1v) is 12.3. The van der Waals surface area contributed by atoms with Gasteiger partial charge in [-0.25, -0.2) is 9.59 Å². The predicted molar refractivity (Wildman–Crippen MR) is 130 cm³/mol. The second-order valence-electron chi connectivity index (χ2n) is 9.01. The average molecular weight is 481 g/mol. The second kappa shape index (κ2) is 11.8. The molecule has 2 aliphatic rings. The van der Waals surface area contributed by atoms with Gasteiger partial charge in [-0.15, -0.1) is 0 Å². The van der Waals surface area contributed by atoms with Crippen LogP contribution in [0.5, 0.6) is 0 Å². The lowest BCUT2D eigenvalue weighted by Gasteiger charge is -2.16. The van der Waals surface area contributed by atoms with Crippen LogP contribution in [-0.4, -0.2) is 55.0 Å². The van der Waals surface area contributed by atoms with Gasteiger partial charge in [0.05, 0.1) is 6.04 Å². The van der Waals surface area contributed by atoms with Crippen molar-refractivity contribution in [3.05, 3.63) is 59.7 Å². The van der Waals surface area contributed by atoms with Crippen LogP contribution in [0.2, 0.25) is 0 Å². The van der Waals surface area contributed by atoms with E-state index in [2.05, 4.69) is 34.9 Å². The predicted octanol–water partition coefficient (Wildman–Crippen LogP) is 3.83. The van der Waals surface area contributed by atoms with Gasteiger partial charge in [0.1, 0.15) is 6.61 Å². The van der Waals surface area contributed by atoms with Crippen LogP contribution in [0.15, 0.2) is 48.5 Å². The molecule has 3 N–H and O–H groups in total. The number of aliphatic carboxylic acids is 1. The van der Waals surface area contributed by atoms with Gasteiger partial charge in [0.2, 0.25) is 5.91 Å². The number of hydrogen-bond acceptors (Lipinski definition) is 5. The van der Waals surface area contributed by atoms with E-state index in [1.165, 1.54) is 22.3 Å². The number of alkyl carbamates (subject to hydrolysis) is 1. The molecule has 1 aliphatic heterocycles. The van der Waals surface area contributed by atoms with Crippen molar-refractivity contribution in [2.24, 2.45) is 0 Å². The van der Waals surface area contributed by atoms with Crippen molar-refractivity contribution in [3.8, 4) is 11.1 Å². The minimum atomic E-state index is -1.04. The number of rotatable bonds is 11. The van der Waals surface area contributed by atoms with Crippen LogP contribution < -0.4 is 10.6 Å². The molecule has 8 nitrogen and oxygen atoms in total. The molecule has 35 heavy (non-hydrogen) atoms. The Bertz CT molecular complexity index is 1010. The molecular formula is C27H32N2O6. The normalized spacial score (nSPS) is 18.5. The molecule has 0 aromatic heterocycles. The number of carbonyl (C=O) groups is 3. The SMILES string of the molecule is O=C(CCCCCCNC(=O)OCC1c2ccccc2-c2ccccc21)NC1CCOC1C(=O)O. The van der Waals surface area contributed by atoms with Gasteiger partial charge in [0.25, 0.3) is 0 Å². The Morgan fingerprint density at radius 3 is 2.29 bits per heavy atom. The lowest BCUT2D eigenvalue weighted by molar-refractivity contribution is -0.148. The van der Waals surface area contributed by atoms with Crippen LogP contribution >= 0.6 is 0 Å². The Morgan fingerprint density at radius 1 is 0.943 bits per heavy atom. The fraction of sp³-hybridized carbons (Fsp3) is 0.444. The number of hydrogen-bond donors (Lipinski definition) is 3. The molecule has 8 heteroatoms. The number of carbonyl (C=O) groups excluding carboxylic acids is 2. The van der Waals surface area contributed by atoms with Crippen LogP contribution in [0.1, 0.15) is 55.6 Å². The van der Waals surface area contributed by atoms with Crippen LogP contribution in [0, 0.1) is 0 Å². The molecule has 4 rings (SSSR count). The Balaban J connectivity index is 1.09. The van der Waals surface area contributed by atoms with Crippen LogP contribution in [0.4, 0.5) is 4.79 Å². The zero-order valence-corrected chi connectivity index (χ0v) is 19.7. The number of unbranched alkanes of at least 4 members (excludes halogenated alkanes) is 3. The highest BCUT2D eigenvalue weighted by molar-refractivity contribution is 5.80. The van der Waals surface area contributed by atoms with Crippen molar-refractivity contribution >= 4 is 18.0 Å². The summed E-state index contributed by atoms with van der Waals surface area (Å²) in [6, 6.07) is 16.0. The van der Waals surface area contributed by atoms with Gasteiger partial charge in [-0.1, -0.05) is 61.4 Å². The summed E-state index contributed by atoms with van der Waals surface area (Å²) in [7, 11) is 0. The van der Waals surface area contributed by atoms with Gasteiger partial charge in [-0.2, -0.15) is 0 Å². The maximum absolute atomic E-state index is 12.2. The highest BCUT2D eigenvalue weighted by Crippen LogP contribution is 2.44. The monoisotopic (exact) mass is 480 g/mol.